The molecule has 1 heteroatoms. The second kappa shape index (κ2) is 8.66. The number of hydrogen-bond donors (Lipinski definition) is 1. The highest BCUT2D eigenvalue weighted by Crippen LogP contribution is 2.67. The fraction of sp³-hybridized carbons (Fsp3) is 0.867. The van der Waals surface area contributed by atoms with Gasteiger partial charge >= 0.3 is 0 Å². The van der Waals surface area contributed by atoms with Gasteiger partial charge in [0.2, 0.25) is 0 Å². The Bertz CT molecular complexity index is 705. The van der Waals surface area contributed by atoms with Crippen LogP contribution in [0.25, 0.3) is 0 Å². The average Bonchev–Trinajstić information content (AvgIpc) is 3.08. The third-order valence-electron chi connectivity index (χ3n) is 11.5. The summed E-state index contributed by atoms with van der Waals surface area (Å²) >= 11 is 0. The first-order valence-corrected chi connectivity index (χ1v) is 13.7. The van der Waals surface area contributed by atoms with Crippen LogP contribution < -0.4 is 0 Å². The van der Waals surface area contributed by atoms with Gasteiger partial charge in [-0.05, 0) is 123 Å². The molecular weight excluding hydrogens is 376 g/mol. The number of allylic oxidation sites excluding steroid dienone is 3. The Morgan fingerprint density at radius 3 is 2.45 bits per heavy atom. The first-order valence-electron chi connectivity index (χ1n) is 13.7. The zero-order chi connectivity index (χ0) is 22.6. The van der Waals surface area contributed by atoms with Crippen molar-refractivity contribution >= 4 is 0 Å². The van der Waals surface area contributed by atoms with Crippen molar-refractivity contribution in [2.45, 2.75) is 112 Å². The standard InChI is InChI=1S/C30H50O/c1-8-22(19(2)3)10-9-20(4)24-13-14-26-23-11-12-25-21(5)28(31)16-18-30(25,7)27(23)15-17-29(24,26)6/h11,20-22,24-28,31H,2,8-10,12-18H2,1,3-7H3/t20-,21+,22?,24-,25+,26?,27?,28+,29-,30+/m1/s1. The summed E-state index contributed by atoms with van der Waals surface area (Å²) in [6.45, 7) is 18.9. The maximum atomic E-state index is 10.5. The molecular formula is C30H50O. The Morgan fingerprint density at radius 1 is 1.10 bits per heavy atom. The van der Waals surface area contributed by atoms with Gasteiger partial charge in [0.05, 0.1) is 6.10 Å². The fourth-order valence-corrected chi connectivity index (χ4v) is 9.39. The molecule has 10 atom stereocenters. The van der Waals surface area contributed by atoms with E-state index in [2.05, 4.69) is 54.2 Å². The summed E-state index contributed by atoms with van der Waals surface area (Å²) in [6.07, 6.45) is 15.7. The SMILES string of the molecule is C=C(C)C(CC)CC[C@@H](C)[C@H]1CCC2C3=CC[C@H]4[C@H](C)[C@@H](O)CC[C@]4(C)C3CC[C@@]21C. The molecule has 0 aromatic carbocycles. The zero-order valence-electron chi connectivity index (χ0n) is 21.4. The Morgan fingerprint density at radius 2 is 1.77 bits per heavy atom. The van der Waals surface area contributed by atoms with Crippen molar-refractivity contribution in [3.8, 4) is 0 Å². The van der Waals surface area contributed by atoms with Crippen LogP contribution in [0, 0.1) is 52.3 Å². The van der Waals surface area contributed by atoms with Crippen LogP contribution in [0.5, 0.6) is 0 Å². The molecule has 4 aliphatic rings. The Balaban J connectivity index is 1.51. The molecule has 0 aromatic rings. The Labute approximate surface area is 193 Å². The maximum Gasteiger partial charge on any atom is 0.0568 e. The summed E-state index contributed by atoms with van der Waals surface area (Å²) in [5.41, 5.74) is 4.17. The molecule has 3 unspecified atom stereocenters. The lowest BCUT2D eigenvalue weighted by molar-refractivity contribution is -0.0773. The molecule has 3 fully saturated rings. The summed E-state index contributed by atoms with van der Waals surface area (Å²) in [5, 5.41) is 10.5. The van der Waals surface area contributed by atoms with Crippen molar-refractivity contribution in [1.29, 1.82) is 0 Å². The van der Waals surface area contributed by atoms with Crippen molar-refractivity contribution in [3.63, 3.8) is 0 Å². The van der Waals surface area contributed by atoms with Gasteiger partial charge in [-0.15, -0.1) is 0 Å². The van der Waals surface area contributed by atoms with E-state index in [-0.39, 0.29) is 6.10 Å². The lowest BCUT2D eigenvalue weighted by atomic mass is 9.46. The lowest BCUT2D eigenvalue weighted by Crippen LogP contribution is -2.52. The summed E-state index contributed by atoms with van der Waals surface area (Å²) in [6, 6.07) is 0. The lowest BCUT2D eigenvalue weighted by Gasteiger charge is -2.59. The van der Waals surface area contributed by atoms with Crippen LogP contribution in [-0.4, -0.2) is 11.2 Å². The zero-order valence-corrected chi connectivity index (χ0v) is 21.4. The molecule has 31 heavy (non-hydrogen) atoms. The number of fused-ring (bicyclic) bond motifs is 5. The third kappa shape index (κ3) is 3.79. The molecule has 0 aromatic heterocycles. The van der Waals surface area contributed by atoms with Gasteiger partial charge in [-0.3, -0.25) is 0 Å². The molecule has 4 rings (SSSR count). The summed E-state index contributed by atoms with van der Waals surface area (Å²) in [7, 11) is 0. The second-order valence-corrected chi connectivity index (χ2v) is 12.9. The van der Waals surface area contributed by atoms with Gasteiger partial charge in [0.1, 0.15) is 0 Å². The maximum absolute atomic E-state index is 10.5. The van der Waals surface area contributed by atoms with Crippen LogP contribution in [0.4, 0.5) is 0 Å². The molecule has 0 aliphatic heterocycles. The topological polar surface area (TPSA) is 20.2 Å². The molecule has 176 valence electrons. The van der Waals surface area contributed by atoms with Gasteiger partial charge in [-0.2, -0.15) is 0 Å². The number of aliphatic hydroxyl groups is 1. The largest absolute Gasteiger partial charge is 0.393 e. The highest BCUT2D eigenvalue weighted by molar-refractivity contribution is 5.28. The van der Waals surface area contributed by atoms with Crippen LogP contribution in [0.15, 0.2) is 23.8 Å². The molecule has 0 spiro atoms. The van der Waals surface area contributed by atoms with Crippen LogP contribution in [0.3, 0.4) is 0 Å². The molecule has 1 nitrogen and oxygen atoms in total. The first kappa shape index (κ1) is 23.6. The van der Waals surface area contributed by atoms with Gasteiger partial charge in [-0.1, -0.05) is 58.4 Å². The van der Waals surface area contributed by atoms with Gasteiger partial charge in [0.25, 0.3) is 0 Å². The van der Waals surface area contributed by atoms with Crippen LogP contribution in [-0.2, 0) is 0 Å². The Kier molecular flexibility index (Phi) is 6.59. The van der Waals surface area contributed by atoms with E-state index in [1.807, 2.05) is 5.57 Å². The molecule has 0 heterocycles. The van der Waals surface area contributed by atoms with E-state index >= 15 is 0 Å². The van der Waals surface area contributed by atoms with Gasteiger partial charge in [-0.25, -0.2) is 0 Å². The predicted octanol–water partition coefficient (Wildman–Crippen LogP) is 8.19. The fourth-order valence-electron chi connectivity index (χ4n) is 9.39. The van der Waals surface area contributed by atoms with E-state index in [0.29, 0.717) is 28.6 Å². The average molecular weight is 427 g/mol. The minimum absolute atomic E-state index is 0.0789. The van der Waals surface area contributed by atoms with E-state index in [9.17, 15) is 5.11 Å². The van der Waals surface area contributed by atoms with E-state index in [1.165, 1.54) is 63.4 Å². The minimum Gasteiger partial charge on any atom is -0.393 e. The summed E-state index contributed by atoms with van der Waals surface area (Å²) < 4.78 is 0. The quantitative estimate of drug-likeness (QED) is 0.424. The van der Waals surface area contributed by atoms with Crippen molar-refractivity contribution in [2.24, 2.45) is 52.3 Å². The van der Waals surface area contributed by atoms with E-state index in [0.717, 1.165) is 30.1 Å². The third-order valence-corrected chi connectivity index (χ3v) is 11.5. The molecule has 3 saturated carbocycles. The molecule has 0 saturated heterocycles. The normalized spacial score (nSPS) is 46.4. The van der Waals surface area contributed by atoms with Crippen LogP contribution in [0.1, 0.15) is 106 Å². The van der Waals surface area contributed by atoms with Gasteiger partial charge < -0.3 is 5.11 Å². The Hall–Kier alpha value is -0.560. The number of hydrogen-bond acceptors (Lipinski definition) is 1. The van der Waals surface area contributed by atoms with Crippen LogP contribution >= 0.6 is 0 Å². The summed E-state index contributed by atoms with van der Waals surface area (Å²) in [5.74, 6) is 5.17. The number of rotatable bonds is 6. The predicted molar refractivity (Wildman–Crippen MR) is 133 cm³/mol. The van der Waals surface area contributed by atoms with Crippen molar-refractivity contribution in [2.75, 3.05) is 0 Å². The van der Waals surface area contributed by atoms with Crippen molar-refractivity contribution < 1.29 is 5.11 Å². The van der Waals surface area contributed by atoms with E-state index in [4.69, 9.17) is 0 Å². The summed E-state index contributed by atoms with van der Waals surface area (Å²) in [4.78, 5) is 0. The number of aliphatic hydroxyl groups excluding tert-OH is 1. The smallest absolute Gasteiger partial charge is 0.0568 e. The van der Waals surface area contributed by atoms with Crippen molar-refractivity contribution in [3.05, 3.63) is 23.8 Å². The highest BCUT2D eigenvalue weighted by atomic mass is 16.3. The minimum atomic E-state index is -0.0789. The molecule has 0 amide bonds. The van der Waals surface area contributed by atoms with Gasteiger partial charge in [0, 0.05) is 0 Å². The van der Waals surface area contributed by atoms with E-state index < -0.39 is 0 Å². The molecule has 0 radical (unpaired) electrons. The monoisotopic (exact) mass is 426 g/mol. The first-order chi connectivity index (χ1) is 14.6. The second-order valence-electron chi connectivity index (χ2n) is 12.9. The van der Waals surface area contributed by atoms with E-state index in [1.54, 1.807) is 0 Å². The van der Waals surface area contributed by atoms with Crippen LogP contribution in [0.2, 0.25) is 0 Å². The van der Waals surface area contributed by atoms with Gasteiger partial charge in [0.15, 0.2) is 0 Å². The molecule has 0 bridgehead atoms. The highest BCUT2D eigenvalue weighted by Gasteiger charge is 2.59. The molecule has 4 aliphatic carbocycles. The molecule has 1 N–H and O–H groups in total. The van der Waals surface area contributed by atoms with Crippen molar-refractivity contribution in [1.82, 2.24) is 0 Å².